The Balaban J connectivity index is 2.27. The first-order chi connectivity index (χ1) is 9.43. The van der Waals surface area contributed by atoms with Gasteiger partial charge in [0.05, 0.1) is 0 Å². The summed E-state index contributed by atoms with van der Waals surface area (Å²) in [6.45, 7) is 5.69. The first-order valence-electron chi connectivity index (χ1n) is 7.09. The summed E-state index contributed by atoms with van der Waals surface area (Å²) in [5.74, 6) is -1.73. The zero-order valence-electron chi connectivity index (χ0n) is 12.2. The number of Topliss-reactive ketones (excluding diaryl/α,β-unsaturated/α-hetero) is 3. The van der Waals surface area contributed by atoms with E-state index in [-0.39, 0.29) is 29.7 Å². The van der Waals surface area contributed by atoms with E-state index in [0.29, 0.717) is 12.8 Å². The number of aryl methyl sites for hydroxylation is 2. The lowest BCUT2D eigenvalue weighted by Gasteiger charge is -2.27. The van der Waals surface area contributed by atoms with E-state index >= 15 is 0 Å². The highest BCUT2D eigenvalue weighted by atomic mass is 16.2. The van der Waals surface area contributed by atoms with Crippen molar-refractivity contribution >= 4 is 17.3 Å². The normalized spacial score (nSPS) is 22.9. The maximum Gasteiger partial charge on any atom is 0.151 e. The third-order valence-corrected chi connectivity index (χ3v) is 4.08. The molecule has 0 aliphatic heterocycles. The highest BCUT2D eigenvalue weighted by molar-refractivity contribution is 6.20. The molecule has 2 rings (SSSR count). The number of hydrogen-bond acceptors (Lipinski definition) is 3. The molecule has 1 aliphatic carbocycles. The molecule has 3 heteroatoms. The van der Waals surface area contributed by atoms with Crippen molar-refractivity contribution < 1.29 is 14.4 Å². The van der Waals surface area contributed by atoms with Crippen LogP contribution in [0.2, 0.25) is 0 Å². The van der Waals surface area contributed by atoms with E-state index in [2.05, 4.69) is 0 Å². The molecule has 0 saturated heterocycles. The van der Waals surface area contributed by atoms with E-state index in [0.717, 1.165) is 16.7 Å². The molecule has 0 aromatic heterocycles. The summed E-state index contributed by atoms with van der Waals surface area (Å²) in [6, 6.07) is 6.08. The van der Waals surface area contributed by atoms with Gasteiger partial charge in [-0.3, -0.25) is 14.4 Å². The van der Waals surface area contributed by atoms with Crippen molar-refractivity contribution in [3.8, 4) is 0 Å². The van der Waals surface area contributed by atoms with Crippen molar-refractivity contribution in [2.75, 3.05) is 0 Å². The minimum absolute atomic E-state index is 0.0733. The van der Waals surface area contributed by atoms with E-state index in [9.17, 15) is 14.4 Å². The van der Waals surface area contributed by atoms with E-state index in [1.54, 1.807) is 6.92 Å². The second-order valence-corrected chi connectivity index (χ2v) is 5.65. The molecule has 1 saturated carbocycles. The summed E-state index contributed by atoms with van der Waals surface area (Å²) in [7, 11) is 0. The summed E-state index contributed by atoms with van der Waals surface area (Å²) >= 11 is 0. The second kappa shape index (κ2) is 5.70. The summed E-state index contributed by atoms with van der Waals surface area (Å²) in [5, 5.41) is 0. The molecule has 20 heavy (non-hydrogen) atoms. The molecule has 0 atom stereocenters. The molecule has 106 valence electrons. The number of rotatable bonds is 3. The van der Waals surface area contributed by atoms with Crippen LogP contribution in [-0.4, -0.2) is 17.3 Å². The molecule has 0 unspecified atom stereocenters. The smallest absolute Gasteiger partial charge is 0.151 e. The Morgan fingerprint density at radius 2 is 1.75 bits per heavy atom. The SMILES string of the molecule is CCC(=O)C1C(=O)CC(c2cc(C)ccc2C)CC1=O. The molecule has 3 nitrogen and oxygen atoms in total. The third-order valence-electron chi connectivity index (χ3n) is 4.08. The van der Waals surface area contributed by atoms with Crippen molar-refractivity contribution in [3.05, 3.63) is 34.9 Å². The number of hydrogen-bond donors (Lipinski definition) is 0. The second-order valence-electron chi connectivity index (χ2n) is 5.65. The van der Waals surface area contributed by atoms with Gasteiger partial charge in [0.1, 0.15) is 5.92 Å². The lowest BCUT2D eigenvalue weighted by molar-refractivity contribution is -0.142. The molecule has 1 aliphatic rings. The van der Waals surface area contributed by atoms with Crippen LogP contribution in [0.25, 0.3) is 0 Å². The van der Waals surface area contributed by atoms with Gasteiger partial charge < -0.3 is 0 Å². The lowest BCUT2D eigenvalue weighted by atomic mass is 9.74. The van der Waals surface area contributed by atoms with Gasteiger partial charge in [0.25, 0.3) is 0 Å². The quantitative estimate of drug-likeness (QED) is 0.795. The van der Waals surface area contributed by atoms with Crippen LogP contribution in [0.3, 0.4) is 0 Å². The average molecular weight is 272 g/mol. The van der Waals surface area contributed by atoms with Crippen LogP contribution in [0.15, 0.2) is 18.2 Å². The maximum absolute atomic E-state index is 12.1. The van der Waals surface area contributed by atoms with Crippen molar-refractivity contribution in [2.45, 2.75) is 46.0 Å². The number of carbonyl (C=O) groups is 3. The summed E-state index contributed by atoms with van der Waals surface area (Å²) in [6.07, 6.45) is 0.842. The Labute approximate surface area is 119 Å². The summed E-state index contributed by atoms with van der Waals surface area (Å²) in [5.41, 5.74) is 3.29. The predicted octanol–water partition coefficient (Wildman–Crippen LogP) is 2.91. The van der Waals surface area contributed by atoms with Crippen molar-refractivity contribution in [1.29, 1.82) is 0 Å². The molecule has 0 radical (unpaired) electrons. The van der Waals surface area contributed by atoms with Gasteiger partial charge in [-0.1, -0.05) is 30.7 Å². The molecule has 0 spiro atoms. The first-order valence-corrected chi connectivity index (χ1v) is 7.09. The van der Waals surface area contributed by atoms with Crippen LogP contribution in [0.1, 0.15) is 48.8 Å². The highest BCUT2D eigenvalue weighted by Gasteiger charge is 2.39. The Kier molecular flexibility index (Phi) is 4.17. The monoisotopic (exact) mass is 272 g/mol. The van der Waals surface area contributed by atoms with Gasteiger partial charge in [0.15, 0.2) is 17.3 Å². The molecule has 1 aromatic carbocycles. The van der Waals surface area contributed by atoms with Gasteiger partial charge in [-0.15, -0.1) is 0 Å². The van der Waals surface area contributed by atoms with Crippen molar-refractivity contribution in [2.24, 2.45) is 5.92 Å². The average Bonchev–Trinajstić information content (AvgIpc) is 2.40. The van der Waals surface area contributed by atoms with Crippen LogP contribution < -0.4 is 0 Å². The standard InChI is InChI=1S/C17H20O3/c1-4-14(18)17-15(19)8-12(9-16(17)20)13-7-10(2)5-6-11(13)3/h5-7,12,17H,4,8-9H2,1-3H3. The van der Waals surface area contributed by atoms with E-state index in [1.165, 1.54) is 0 Å². The van der Waals surface area contributed by atoms with Gasteiger partial charge >= 0.3 is 0 Å². The van der Waals surface area contributed by atoms with Crippen LogP contribution in [0.4, 0.5) is 0 Å². The Morgan fingerprint density at radius 1 is 1.15 bits per heavy atom. The molecule has 1 fully saturated rings. The molecule has 0 heterocycles. The number of carbonyl (C=O) groups excluding carboxylic acids is 3. The third kappa shape index (κ3) is 2.72. The van der Waals surface area contributed by atoms with Gasteiger partial charge in [-0.2, -0.15) is 0 Å². The number of benzene rings is 1. The van der Waals surface area contributed by atoms with E-state index in [4.69, 9.17) is 0 Å². The molecule has 0 bridgehead atoms. The minimum atomic E-state index is -0.999. The predicted molar refractivity (Wildman–Crippen MR) is 76.7 cm³/mol. The van der Waals surface area contributed by atoms with Gasteiger partial charge in [-0.25, -0.2) is 0 Å². The minimum Gasteiger partial charge on any atom is -0.298 e. The maximum atomic E-state index is 12.1. The zero-order chi connectivity index (χ0) is 14.9. The number of ketones is 3. The fourth-order valence-electron chi connectivity index (χ4n) is 2.96. The van der Waals surface area contributed by atoms with Crippen LogP contribution in [0, 0.1) is 19.8 Å². The highest BCUT2D eigenvalue weighted by Crippen LogP contribution is 2.34. The Morgan fingerprint density at radius 3 is 2.30 bits per heavy atom. The Bertz CT molecular complexity index is 554. The van der Waals surface area contributed by atoms with Crippen molar-refractivity contribution in [3.63, 3.8) is 0 Å². The van der Waals surface area contributed by atoms with Crippen LogP contribution >= 0.6 is 0 Å². The Hall–Kier alpha value is -1.77. The molecule has 0 N–H and O–H groups in total. The molecule has 1 aromatic rings. The zero-order valence-corrected chi connectivity index (χ0v) is 12.2. The molecular weight excluding hydrogens is 252 g/mol. The largest absolute Gasteiger partial charge is 0.298 e. The first kappa shape index (κ1) is 14.6. The van der Waals surface area contributed by atoms with E-state index < -0.39 is 5.92 Å². The van der Waals surface area contributed by atoms with Crippen LogP contribution in [0.5, 0.6) is 0 Å². The van der Waals surface area contributed by atoms with Crippen molar-refractivity contribution in [1.82, 2.24) is 0 Å². The van der Waals surface area contributed by atoms with Crippen LogP contribution in [-0.2, 0) is 14.4 Å². The van der Waals surface area contributed by atoms with Gasteiger partial charge in [0, 0.05) is 19.3 Å². The van der Waals surface area contributed by atoms with E-state index in [1.807, 2.05) is 32.0 Å². The van der Waals surface area contributed by atoms with Gasteiger partial charge in [0.2, 0.25) is 0 Å². The molecule has 0 amide bonds. The summed E-state index contributed by atoms with van der Waals surface area (Å²) in [4.78, 5) is 36.0. The topological polar surface area (TPSA) is 51.2 Å². The molecular formula is C17H20O3. The fraction of sp³-hybridized carbons (Fsp3) is 0.471. The lowest BCUT2D eigenvalue weighted by Crippen LogP contribution is -2.37. The summed E-state index contributed by atoms with van der Waals surface area (Å²) < 4.78 is 0. The van der Waals surface area contributed by atoms with Gasteiger partial charge in [-0.05, 0) is 30.9 Å². The fourth-order valence-corrected chi connectivity index (χ4v) is 2.96.